The highest BCUT2D eigenvalue weighted by Gasteiger charge is 2.83. The van der Waals surface area contributed by atoms with Crippen molar-refractivity contribution in [2.45, 2.75) is 25.7 Å². The Hall–Kier alpha value is 0.250. The molecule has 8 bridgehead atoms. The van der Waals surface area contributed by atoms with E-state index in [4.69, 9.17) is 5.73 Å². The van der Waals surface area contributed by atoms with Gasteiger partial charge in [0.25, 0.3) is 0 Å². The van der Waals surface area contributed by atoms with Crippen LogP contribution in [0.4, 0.5) is 0 Å². The van der Waals surface area contributed by atoms with Gasteiger partial charge in [-0.2, -0.15) is 0 Å². The van der Waals surface area contributed by atoms with Gasteiger partial charge in [-0.05, 0) is 79.1 Å². The standard InChI is InChI=1S/C13H19N.ClH/c14-5-13-8-3-1-6-10(8)11-7(12(6)13)2-4-9(11)13;/h6-12H,1-5,14H2;1H. The van der Waals surface area contributed by atoms with Gasteiger partial charge in [-0.25, -0.2) is 0 Å². The van der Waals surface area contributed by atoms with Gasteiger partial charge in [0.1, 0.15) is 0 Å². The van der Waals surface area contributed by atoms with E-state index in [-0.39, 0.29) is 12.4 Å². The van der Waals surface area contributed by atoms with Crippen molar-refractivity contribution in [2.75, 3.05) is 6.54 Å². The molecule has 6 rings (SSSR count). The fraction of sp³-hybridized carbons (Fsp3) is 1.00. The molecule has 6 saturated carbocycles. The molecule has 0 radical (unpaired) electrons. The topological polar surface area (TPSA) is 26.0 Å². The zero-order valence-electron chi connectivity index (χ0n) is 9.06. The monoisotopic (exact) mass is 225 g/mol. The van der Waals surface area contributed by atoms with Crippen LogP contribution in [0.1, 0.15) is 25.7 Å². The quantitative estimate of drug-likeness (QED) is 0.728. The summed E-state index contributed by atoms with van der Waals surface area (Å²) in [5, 5.41) is 0. The lowest BCUT2D eigenvalue weighted by Crippen LogP contribution is -2.46. The van der Waals surface area contributed by atoms with E-state index in [1.54, 1.807) is 25.7 Å². The molecule has 1 nitrogen and oxygen atoms in total. The Bertz CT molecular complexity index is 298. The number of hydrogen-bond donors (Lipinski definition) is 1. The number of halogens is 1. The molecule has 0 amide bonds. The fourth-order valence-electron chi connectivity index (χ4n) is 7.63. The van der Waals surface area contributed by atoms with Crippen LogP contribution in [0.15, 0.2) is 0 Å². The highest BCUT2D eigenvalue weighted by atomic mass is 35.5. The van der Waals surface area contributed by atoms with Crippen molar-refractivity contribution in [1.29, 1.82) is 0 Å². The van der Waals surface area contributed by atoms with Crippen molar-refractivity contribution in [3.05, 3.63) is 0 Å². The Morgan fingerprint density at radius 2 is 1.47 bits per heavy atom. The Balaban J connectivity index is 0.000000648. The summed E-state index contributed by atoms with van der Waals surface area (Å²) < 4.78 is 0. The molecule has 6 fully saturated rings. The zero-order valence-corrected chi connectivity index (χ0v) is 9.88. The fourth-order valence-corrected chi connectivity index (χ4v) is 7.63. The van der Waals surface area contributed by atoms with Gasteiger partial charge in [0.15, 0.2) is 0 Å². The molecule has 0 aromatic rings. The first-order valence-corrected chi connectivity index (χ1v) is 6.59. The van der Waals surface area contributed by atoms with Crippen molar-refractivity contribution in [3.8, 4) is 0 Å². The van der Waals surface area contributed by atoms with E-state index in [1.807, 2.05) is 0 Å². The molecule has 0 spiro atoms. The average Bonchev–Trinajstić information content (AvgIpc) is 2.96. The van der Waals surface area contributed by atoms with Crippen LogP contribution in [-0.2, 0) is 0 Å². The van der Waals surface area contributed by atoms with Gasteiger partial charge in [0.2, 0.25) is 0 Å². The summed E-state index contributed by atoms with van der Waals surface area (Å²) in [4.78, 5) is 0. The molecule has 2 heteroatoms. The summed E-state index contributed by atoms with van der Waals surface area (Å²) in [6, 6.07) is 0. The molecule has 0 aliphatic heterocycles. The predicted octanol–water partition coefficient (Wildman–Crippen LogP) is 2.30. The maximum atomic E-state index is 6.20. The van der Waals surface area contributed by atoms with E-state index >= 15 is 0 Å². The van der Waals surface area contributed by atoms with E-state index in [1.165, 1.54) is 11.8 Å². The van der Waals surface area contributed by atoms with E-state index < -0.39 is 0 Å². The van der Waals surface area contributed by atoms with Crippen molar-refractivity contribution >= 4 is 12.4 Å². The molecule has 2 N–H and O–H groups in total. The first-order chi connectivity index (χ1) is 6.89. The highest BCUT2D eigenvalue weighted by molar-refractivity contribution is 5.85. The van der Waals surface area contributed by atoms with Crippen LogP contribution >= 0.6 is 12.4 Å². The molecule has 0 aromatic carbocycles. The Morgan fingerprint density at radius 1 is 0.933 bits per heavy atom. The lowest BCUT2D eigenvalue weighted by atomic mass is 9.59. The predicted molar refractivity (Wildman–Crippen MR) is 61.6 cm³/mol. The molecule has 15 heavy (non-hydrogen) atoms. The normalized spacial score (nSPS) is 70.6. The first-order valence-electron chi connectivity index (χ1n) is 6.59. The van der Waals surface area contributed by atoms with Crippen molar-refractivity contribution in [1.82, 2.24) is 0 Å². The van der Waals surface area contributed by atoms with Crippen LogP contribution in [0, 0.1) is 46.8 Å². The average molecular weight is 226 g/mol. The molecule has 6 aliphatic carbocycles. The van der Waals surface area contributed by atoms with Gasteiger partial charge in [-0.3, -0.25) is 0 Å². The van der Waals surface area contributed by atoms with E-state index in [2.05, 4.69) is 0 Å². The molecule has 6 atom stereocenters. The van der Waals surface area contributed by atoms with Gasteiger partial charge in [0, 0.05) is 0 Å². The van der Waals surface area contributed by atoms with Crippen LogP contribution < -0.4 is 5.73 Å². The Labute approximate surface area is 97.6 Å². The van der Waals surface area contributed by atoms with Gasteiger partial charge in [0.05, 0.1) is 0 Å². The third-order valence-electron chi connectivity index (χ3n) is 7.26. The summed E-state index contributed by atoms with van der Waals surface area (Å²) in [6.45, 7) is 1.03. The highest BCUT2D eigenvalue weighted by Crippen LogP contribution is 2.87. The van der Waals surface area contributed by atoms with Crippen LogP contribution in [0.2, 0.25) is 0 Å². The minimum Gasteiger partial charge on any atom is -0.330 e. The maximum absolute atomic E-state index is 6.20. The van der Waals surface area contributed by atoms with Gasteiger partial charge in [-0.15, -0.1) is 12.4 Å². The van der Waals surface area contributed by atoms with Crippen LogP contribution in [-0.4, -0.2) is 6.54 Å². The molecule has 6 unspecified atom stereocenters. The van der Waals surface area contributed by atoms with E-state index in [0.717, 1.165) is 36.1 Å². The number of hydrogen-bond acceptors (Lipinski definition) is 1. The molecular weight excluding hydrogens is 206 g/mol. The molecule has 0 saturated heterocycles. The Kier molecular flexibility index (Phi) is 1.49. The Morgan fingerprint density at radius 3 is 1.87 bits per heavy atom. The smallest absolute Gasteiger partial charge is 0.00121 e. The van der Waals surface area contributed by atoms with Crippen molar-refractivity contribution in [2.24, 2.45) is 52.6 Å². The SMILES string of the molecule is Cl.NCC12C3CCC4C3C3C(CCC31)C42. The number of rotatable bonds is 1. The lowest BCUT2D eigenvalue weighted by Gasteiger charge is -2.46. The first kappa shape index (κ1) is 9.30. The van der Waals surface area contributed by atoms with Gasteiger partial charge >= 0.3 is 0 Å². The second-order valence-electron chi connectivity index (χ2n) is 6.69. The molecule has 6 aliphatic rings. The van der Waals surface area contributed by atoms with Crippen LogP contribution in [0.25, 0.3) is 0 Å². The third kappa shape index (κ3) is 0.609. The third-order valence-corrected chi connectivity index (χ3v) is 7.26. The van der Waals surface area contributed by atoms with E-state index in [0.29, 0.717) is 5.41 Å². The molecule has 0 aromatic heterocycles. The summed E-state index contributed by atoms with van der Waals surface area (Å²) in [7, 11) is 0. The second-order valence-corrected chi connectivity index (χ2v) is 6.69. The minimum absolute atomic E-state index is 0. The lowest BCUT2D eigenvalue weighted by molar-refractivity contribution is 0.0302. The largest absolute Gasteiger partial charge is 0.330 e. The summed E-state index contributed by atoms with van der Waals surface area (Å²) in [5.74, 6) is 7.93. The van der Waals surface area contributed by atoms with Crippen LogP contribution in [0.3, 0.4) is 0 Å². The van der Waals surface area contributed by atoms with Gasteiger partial charge < -0.3 is 5.73 Å². The summed E-state index contributed by atoms with van der Waals surface area (Å²) in [6.07, 6.45) is 6.23. The summed E-state index contributed by atoms with van der Waals surface area (Å²) >= 11 is 0. The van der Waals surface area contributed by atoms with E-state index in [9.17, 15) is 0 Å². The van der Waals surface area contributed by atoms with Crippen LogP contribution in [0.5, 0.6) is 0 Å². The molecule has 0 heterocycles. The second kappa shape index (κ2) is 2.41. The summed E-state index contributed by atoms with van der Waals surface area (Å²) in [5.41, 5.74) is 6.89. The zero-order chi connectivity index (χ0) is 9.08. The number of nitrogens with two attached hydrogens (primary N) is 1. The van der Waals surface area contributed by atoms with Crippen molar-refractivity contribution in [3.63, 3.8) is 0 Å². The molecular formula is C13H20ClN. The maximum Gasteiger partial charge on any atom is -0.00121 e. The molecule has 84 valence electrons. The van der Waals surface area contributed by atoms with Crippen molar-refractivity contribution < 1.29 is 0 Å². The minimum atomic E-state index is 0. The van der Waals surface area contributed by atoms with Gasteiger partial charge in [-0.1, -0.05) is 0 Å².